The van der Waals surface area contributed by atoms with Crippen LogP contribution in [0, 0.1) is 5.92 Å². The van der Waals surface area contributed by atoms with Crippen molar-refractivity contribution in [2.45, 2.75) is 13.8 Å². The molecule has 31 heavy (non-hydrogen) atoms. The Bertz CT molecular complexity index is 1240. The first kappa shape index (κ1) is 20.0. The molecule has 4 aromatic rings. The first-order valence-electron chi connectivity index (χ1n) is 9.67. The summed E-state index contributed by atoms with van der Waals surface area (Å²) in [4.78, 5) is 47.7. The average molecular weight is 416 g/mol. The second-order valence-corrected chi connectivity index (χ2v) is 6.97. The highest BCUT2D eigenvalue weighted by atomic mass is 16.7. The Balaban J connectivity index is 1.78. The van der Waals surface area contributed by atoms with Crippen LogP contribution in [0.2, 0.25) is 0 Å². The molecule has 0 aliphatic carbocycles. The lowest BCUT2D eigenvalue weighted by Crippen LogP contribution is -2.40. The summed E-state index contributed by atoms with van der Waals surface area (Å²) in [5, 5.41) is 0. The van der Waals surface area contributed by atoms with Crippen molar-refractivity contribution in [2.75, 3.05) is 4.90 Å². The third-order valence-corrected chi connectivity index (χ3v) is 4.39. The summed E-state index contributed by atoms with van der Waals surface area (Å²) in [6.45, 7) is 3.45. The monoisotopic (exact) mass is 416 g/mol. The number of para-hydroxylation sites is 2. The van der Waals surface area contributed by atoms with E-state index in [1.165, 1.54) is 17.4 Å². The lowest BCUT2D eigenvalue weighted by molar-refractivity contribution is -0.121. The van der Waals surface area contributed by atoms with E-state index in [4.69, 9.17) is 4.84 Å². The third kappa shape index (κ3) is 4.35. The van der Waals surface area contributed by atoms with Crippen LogP contribution in [-0.4, -0.2) is 31.7 Å². The minimum absolute atomic E-state index is 0.0762. The number of fused-ring (bicyclic) bond motifs is 1. The number of hydrogen-bond acceptors (Lipinski definition) is 5. The second kappa shape index (κ2) is 8.62. The Morgan fingerprint density at radius 2 is 1.65 bits per heavy atom. The molecule has 2 aromatic heterocycles. The van der Waals surface area contributed by atoms with Crippen LogP contribution in [-0.2, 0) is 4.79 Å². The van der Waals surface area contributed by atoms with Crippen molar-refractivity contribution in [1.82, 2.24) is 19.7 Å². The van der Waals surface area contributed by atoms with Gasteiger partial charge in [0.25, 0.3) is 11.5 Å². The Kier molecular flexibility index (Phi) is 5.57. The van der Waals surface area contributed by atoms with E-state index in [2.05, 4.69) is 19.9 Å². The molecule has 2 amide bonds. The zero-order valence-corrected chi connectivity index (χ0v) is 17.0. The van der Waals surface area contributed by atoms with E-state index in [-0.39, 0.29) is 11.5 Å². The van der Waals surface area contributed by atoms with Crippen molar-refractivity contribution in [3.05, 3.63) is 78.8 Å². The molecule has 0 saturated carbocycles. The molecule has 0 aliphatic heterocycles. The van der Waals surface area contributed by atoms with Crippen molar-refractivity contribution < 1.29 is 14.4 Å². The highest BCUT2D eigenvalue weighted by Crippen LogP contribution is 2.25. The number of rotatable bonds is 4. The highest BCUT2D eigenvalue weighted by Gasteiger charge is 2.21. The zero-order chi connectivity index (χ0) is 21.8. The second-order valence-electron chi connectivity index (χ2n) is 6.97. The number of hydrogen-bond donors (Lipinski definition) is 1. The van der Waals surface area contributed by atoms with Crippen molar-refractivity contribution in [3.63, 3.8) is 0 Å². The molecule has 0 atom stereocenters. The van der Waals surface area contributed by atoms with E-state index in [1.807, 2.05) is 36.4 Å². The quantitative estimate of drug-likeness (QED) is 0.550. The molecule has 0 aliphatic rings. The van der Waals surface area contributed by atoms with Gasteiger partial charge in [-0.1, -0.05) is 50.2 Å². The third-order valence-electron chi connectivity index (χ3n) is 4.39. The largest absolute Gasteiger partial charge is 0.443 e. The van der Waals surface area contributed by atoms with E-state index >= 15 is 0 Å². The van der Waals surface area contributed by atoms with Crippen molar-refractivity contribution in [3.8, 4) is 0 Å². The van der Waals surface area contributed by atoms with Gasteiger partial charge in [0.1, 0.15) is 5.52 Å². The molecule has 9 nitrogen and oxygen atoms in total. The van der Waals surface area contributed by atoms with Crippen LogP contribution in [0.15, 0.2) is 78.2 Å². The smallest absolute Gasteiger partial charge is 0.342 e. The summed E-state index contributed by atoms with van der Waals surface area (Å²) >= 11 is 0. The number of aromatic nitrogens is 4. The summed E-state index contributed by atoms with van der Waals surface area (Å²) < 4.78 is 1.07. The molecule has 0 unspecified atom stereocenters. The van der Waals surface area contributed by atoms with Gasteiger partial charge in [-0.05, 0) is 24.3 Å². The van der Waals surface area contributed by atoms with Crippen LogP contribution >= 0.6 is 0 Å². The number of nitrogens with zero attached hydrogens (tertiary/aromatic N) is 5. The molecule has 156 valence electrons. The number of nitrogens with one attached hydrogen (secondary N) is 1. The van der Waals surface area contributed by atoms with Gasteiger partial charge in [0.15, 0.2) is 5.65 Å². The molecule has 0 spiro atoms. The van der Waals surface area contributed by atoms with Gasteiger partial charge < -0.3 is 9.82 Å². The topological polar surface area (TPSA) is 105 Å². The van der Waals surface area contributed by atoms with Crippen LogP contribution in [0.4, 0.5) is 16.2 Å². The molecule has 9 heteroatoms. The predicted molar refractivity (Wildman–Crippen MR) is 114 cm³/mol. The van der Waals surface area contributed by atoms with Gasteiger partial charge >= 0.3 is 6.09 Å². The van der Waals surface area contributed by atoms with E-state index in [1.54, 1.807) is 38.1 Å². The summed E-state index contributed by atoms with van der Waals surface area (Å²) in [6.07, 6.45) is 2.24. The number of anilines is 2. The Morgan fingerprint density at radius 1 is 1.03 bits per heavy atom. The fraction of sp³-hybridized carbons (Fsp3) is 0.136. The highest BCUT2D eigenvalue weighted by molar-refractivity contribution is 5.96. The van der Waals surface area contributed by atoms with Gasteiger partial charge in [0, 0.05) is 5.92 Å². The van der Waals surface area contributed by atoms with Gasteiger partial charge in [-0.3, -0.25) is 4.79 Å². The molecule has 0 saturated heterocycles. The molecule has 0 radical (unpaired) electrons. The number of carbonyl (C=O) groups is 2. The van der Waals surface area contributed by atoms with Gasteiger partial charge in [0.05, 0.1) is 23.9 Å². The molecule has 1 N–H and O–H groups in total. The molecule has 4 rings (SSSR count). The van der Waals surface area contributed by atoms with Crippen LogP contribution in [0.25, 0.3) is 11.2 Å². The average Bonchev–Trinajstić information content (AvgIpc) is 3.22. The minimum Gasteiger partial charge on any atom is -0.342 e. The van der Waals surface area contributed by atoms with Crippen molar-refractivity contribution in [1.29, 1.82) is 0 Å². The zero-order valence-electron chi connectivity index (χ0n) is 17.0. The fourth-order valence-corrected chi connectivity index (χ4v) is 2.81. The molecule has 0 bridgehead atoms. The van der Waals surface area contributed by atoms with Gasteiger partial charge in [-0.25, -0.2) is 14.7 Å². The Labute approximate surface area is 177 Å². The number of benzene rings is 2. The van der Waals surface area contributed by atoms with Gasteiger partial charge in [0.2, 0.25) is 0 Å². The normalized spacial score (nSPS) is 11.6. The van der Waals surface area contributed by atoms with Gasteiger partial charge in [-0.15, -0.1) is 4.73 Å². The molecular formula is C22H20N6O3. The summed E-state index contributed by atoms with van der Waals surface area (Å²) in [5.41, 5.74) is 2.03. The van der Waals surface area contributed by atoms with E-state index in [0.29, 0.717) is 22.5 Å². The first-order valence-corrected chi connectivity index (χ1v) is 9.67. The van der Waals surface area contributed by atoms with Crippen molar-refractivity contribution in [2.24, 2.45) is 10.9 Å². The first-order chi connectivity index (χ1) is 15.0. The number of imidazole rings is 1. The van der Waals surface area contributed by atoms with Crippen LogP contribution in [0.5, 0.6) is 0 Å². The van der Waals surface area contributed by atoms with Crippen LogP contribution < -0.4 is 15.4 Å². The SMILES string of the molecule is CC(C)C(=O)N=c1nc2nc[nH]c2cn1OC(=O)N(c1ccccc1)c1ccccc1. The molecule has 2 heterocycles. The number of aromatic amines is 1. The van der Waals surface area contributed by atoms with E-state index in [0.717, 1.165) is 4.73 Å². The maximum Gasteiger partial charge on any atom is 0.443 e. The standard InChI is InChI=1S/C22H20N6O3/c1-15(2)20(29)26-21-25-19-18(23-14-24-19)13-27(21)31-22(30)28(16-9-5-3-6-10-16)17-11-7-4-8-12-17/h3-15H,1-2H3,(H,23,24,25,26,29). The number of H-pyrrole nitrogens is 1. The van der Waals surface area contributed by atoms with E-state index < -0.39 is 12.0 Å². The molecule has 0 fully saturated rings. The lowest BCUT2D eigenvalue weighted by atomic mass is 10.2. The summed E-state index contributed by atoms with van der Waals surface area (Å²) in [7, 11) is 0. The lowest BCUT2D eigenvalue weighted by Gasteiger charge is -2.22. The Hall–Kier alpha value is -4.27. The van der Waals surface area contributed by atoms with Crippen molar-refractivity contribution >= 4 is 34.5 Å². The van der Waals surface area contributed by atoms with Crippen LogP contribution in [0.1, 0.15) is 13.8 Å². The molecule has 2 aromatic carbocycles. The van der Waals surface area contributed by atoms with E-state index in [9.17, 15) is 9.59 Å². The summed E-state index contributed by atoms with van der Waals surface area (Å²) in [5.74, 6) is -0.735. The number of amides is 2. The number of carbonyl (C=O) groups excluding carboxylic acids is 2. The maximum absolute atomic E-state index is 13.3. The van der Waals surface area contributed by atoms with Crippen LogP contribution in [0.3, 0.4) is 0 Å². The molecular weight excluding hydrogens is 396 g/mol. The minimum atomic E-state index is -0.698. The maximum atomic E-state index is 13.3. The predicted octanol–water partition coefficient (Wildman–Crippen LogP) is 3.23. The Morgan fingerprint density at radius 3 is 2.23 bits per heavy atom. The van der Waals surface area contributed by atoms with Gasteiger partial charge in [-0.2, -0.15) is 9.98 Å². The fourth-order valence-electron chi connectivity index (χ4n) is 2.81. The summed E-state index contributed by atoms with van der Waals surface area (Å²) in [6, 6.07) is 18.2.